The lowest BCUT2D eigenvalue weighted by molar-refractivity contribution is -0.139. The zero-order valence-corrected chi connectivity index (χ0v) is 7.73. The summed E-state index contributed by atoms with van der Waals surface area (Å²) < 4.78 is 0. The van der Waals surface area contributed by atoms with Crippen molar-refractivity contribution in [2.75, 3.05) is 13.2 Å². The number of aliphatic carboxylic acids is 1. The Kier molecular flexibility index (Phi) is 6.48. The highest BCUT2D eigenvalue weighted by Crippen LogP contribution is 1.93. The minimum Gasteiger partial charge on any atom is -0.481 e. The van der Waals surface area contributed by atoms with Crippen molar-refractivity contribution < 1.29 is 20.1 Å². The Morgan fingerprint density at radius 1 is 1.54 bits per heavy atom. The molecule has 78 valence electrons. The van der Waals surface area contributed by atoms with Crippen molar-refractivity contribution in [3.8, 4) is 0 Å². The van der Waals surface area contributed by atoms with E-state index in [2.05, 4.69) is 5.32 Å². The van der Waals surface area contributed by atoms with Crippen LogP contribution < -0.4 is 5.32 Å². The van der Waals surface area contributed by atoms with Crippen molar-refractivity contribution >= 4 is 5.97 Å². The molecule has 0 saturated carbocycles. The summed E-state index contributed by atoms with van der Waals surface area (Å²) >= 11 is 0. The summed E-state index contributed by atoms with van der Waals surface area (Å²) in [6, 6.07) is -0.0663. The van der Waals surface area contributed by atoms with Crippen molar-refractivity contribution in [3.63, 3.8) is 0 Å². The molecule has 0 aliphatic rings. The van der Waals surface area contributed by atoms with Gasteiger partial charge in [-0.05, 0) is 6.42 Å². The summed E-state index contributed by atoms with van der Waals surface area (Å²) in [4.78, 5) is 10.2. The van der Waals surface area contributed by atoms with Crippen LogP contribution in [-0.4, -0.2) is 46.6 Å². The number of rotatable bonds is 7. The van der Waals surface area contributed by atoms with Crippen LogP contribution in [0.2, 0.25) is 0 Å². The lowest BCUT2D eigenvalue weighted by Gasteiger charge is -2.16. The van der Waals surface area contributed by atoms with Crippen LogP contribution in [0.25, 0.3) is 0 Å². The average Bonchev–Trinajstić information content (AvgIpc) is 2.05. The lowest BCUT2D eigenvalue weighted by Crippen LogP contribution is -2.38. The first-order valence-corrected chi connectivity index (χ1v) is 4.34. The van der Waals surface area contributed by atoms with Gasteiger partial charge in [-0.2, -0.15) is 0 Å². The molecule has 0 bridgehead atoms. The van der Waals surface area contributed by atoms with E-state index in [-0.39, 0.29) is 25.6 Å². The predicted octanol–water partition coefficient (Wildman–Crippen LogP) is -0.817. The molecule has 0 aromatic rings. The van der Waals surface area contributed by atoms with Gasteiger partial charge in [0, 0.05) is 12.6 Å². The Balaban J connectivity index is 3.55. The summed E-state index contributed by atoms with van der Waals surface area (Å²) in [7, 11) is 0. The number of carboxylic acid groups (broad SMARTS) is 1. The van der Waals surface area contributed by atoms with Crippen LogP contribution in [-0.2, 0) is 4.79 Å². The third kappa shape index (κ3) is 6.51. The quantitative estimate of drug-likeness (QED) is 0.422. The molecular weight excluding hydrogens is 174 g/mol. The van der Waals surface area contributed by atoms with Gasteiger partial charge in [-0.1, -0.05) is 6.92 Å². The van der Waals surface area contributed by atoms with Crippen LogP contribution >= 0.6 is 0 Å². The van der Waals surface area contributed by atoms with Gasteiger partial charge in [-0.25, -0.2) is 0 Å². The minimum absolute atomic E-state index is 0.00368. The molecule has 4 N–H and O–H groups in total. The molecule has 0 aliphatic heterocycles. The van der Waals surface area contributed by atoms with Gasteiger partial charge in [-0.3, -0.25) is 4.79 Å². The van der Waals surface area contributed by atoms with Gasteiger partial charge in [-0.15, -0.1) is 0 Å². The molecule has 5 nitrogen and oxygen atoms in total. The maximum Gasteiger partial charge on any atom is 0.306 e. The Morgan fingerprint density at radius 3 is 2.54 bits per heavy atom. The normalized spacial score (nSPS) is 15.3. The number of aliphatic hydroxyl groups is 2. The maximum atomic E-state index is 10.2. The molecule has 0 aromatic carbocycles. The van der Waals surface area contributed by atoms with Crippen molar-refractivity contribution in [2.24, 2.45) is 0 Å². The summed E-state index contributed by atoms with van der Waals surface area (Å²) in [6.07, 6.45) is -0.413. The first kappa shape index (κ1) is 12.3. The van der Waals surface area contributed by atoms with Crippen molar-refractivity contribution in [1.82, 2.24) is 5.32 Å². The van der Waals surface area contributed by atoms with Gasteiger partial charge in [0.05, 0.1) is 19.1 Å². The Hall–Kier alpha value is -0.650. The molecule has 0 amide bonds. The van der Waals surface area contributed by atoms with Gasteiger partial charge >= 0.3 is 5.97 Å². The largest absolute Gasteiger partial charge is 0.481 e. The van der Waals surface area contributed by atoms with E-state index in [1.165, 1.54) is 0 Å². The van der Waals surface area contributed by atoms with Gasteiger partial charge < -0.3 is 20.6 Å². The molecule has 0 saturated heterocycles. The number of hydrogen-bond donors (Lipinski definition) is 4. The molecule has 0 aromatic heterocycles. The number of carbonyl (C=O) groups is 1. The van der Waals surface area contributed by atoms with Crippen molar-refractivity contribution in [2.45, 2.75) is 31.9 Å². The fourth-order valence-corrected chi connectivity index (χ4v) is 0.914. The Morgan fingerprint density at radius 2 is 2.15 bits per heavy atom. The highest BCUT2D eigenvalue weighted by atomic mass is 16.4. The second-order valence-corrected chi connectivity index (χ2v) is 2.95. The van der Waals surface area contributed by atoms with E-state index < -0.39 is 12.1 Å². The van der Waals surface area contributed by atoms with E-state index in [4.69, 9.17) is 15.3 Å². The van der Waals surface area contributed by atoms with Crippen LogP contribution in [0.4, 0.5) is 0 Å². The van der Waals surface area contributed by atoms with Gasteiger partial charge in [0.2, 0.25) is 0 Å². The summed E-state index contributed by atoms with van der Waals surface area (Å²) in [5, 5.41) is 29.1. The zero-order valence-electron chi connectivity index (χ0n) is 7.73. The molecule has 0 fully saturated rings. The van der Waals surface area contributed by atoms with E-state index in [9.17, 15) is 4.79 Å². The molecule has 0 spiro atoms. The highest BCUT2D eigenvalue weighted by molar-refractivity contribution is 5.67. The first-order chi connectivity index (χ1) is 6.10. The smallest absolute Gasteiger partial charge is 0.306 e. The second kappa shape index (κ2) is 6.82. The SMILES string of the molecule is CCC(CO)NCC(O)CC(=O)O. The molecule has 2 unspecified atom stereocenters. The zero-order chi connectivity index (χ0) is 10.3. The van der Waals surface area contributed by atoms with Gasteiger partial charge in [0.25, 0.3) is 0 Å². The Labute approximate surface area is 77.4 Å². The van der Waals surface area contributed by atoms with E-state index in [1.807, 2.05) is 6.92 Å². The summed E-state index contributed by atoms with van der Waals surface area (Å²) in [5.41, 5.74) is 0. The van der Waals surface area contributed by atoms with Crippen LogP contribution in [0.5, 0.6) is 0 Å². The van der Waals surface area contributed by atoms with Gasteiger partial charge in [0.1, 0.15) is 0 Å². The fraction of sp³-hybridized carbons (Fsp3) is 0.875. The number of aliphatic hydroxyl groups excluding tert-OH is 2. The van der Waals surface area contributed by atoms with Crippen LogP contribution in [0.3, 0.4) is 0 Å². The molecule has 13 heavy (non-hydrogen) atoms. The van der Waals surface area contributed by atoms with E-state index in [1.54, 1.807) is 0 Å². The highest BCUT2D eigenvalue weighted by Gasteiger charge is 2.11. The number of hydrogen-bond acceptors (Lipinski definition) is 4. The van der Waals surface area contributed by atoms with E-state index in [0.717, 1.165) is 6.42 Å². The van der Waals surface area contributed by atoms with Crippen molar-refractivity contribution in [3.05, 3.63) is 0 Å². The monoisotopic (exact) mass is 191 g/mol. The average molecular weight is 191 g/mol. The lowest BCUT2D eigenvalue weighted by atomic mass is 10.2. The second-order valence-electron chi connectivity index (χ2n) is 2.95. The topological polar surface area (TPSA) is 89.8 Å². The summed E-state index contributed by atoms with van der Waals surface area (Å²) in [5.74, 6) is -1.02. The standard InChI is InChI=1S/C8H17NO4/c1-2-6(5-10)9-4-7(11)3-8(12)13/h6-7,9-11H,2-5H2,1H3,(H,12,13). The predicted molar refractivity (Wildman–Crippen MR) is 47.4 cm³/mol. The number of nitrogens with one attached hydrogen (secondary N) is 1. The third-order valence-corrected chi connectivity index (χ3v) is 1.77. The molecule has 0 aliphatic carbocycles. The summed E-state index contributed by atoms with van der Waals surface area (Å²) in [6.45, 7) is 2.10. The van der Waals surface area contributed by atoms with Crippen LogP contribution in [0, 0.1) is 0 Å². The number of carboxylic acids is 1. The fourth-order valence-electron chi connectivity index (χ4n) is 0.914. The minimum atomic E-state index is -1.02. The van der Waals surface area contributed by atoms with Crippen LogP contribution in [0.15, 0.2) is 0 Å². The van der Waals surface area contributed by atoms with Gasteiger partial charge in [0.15, 0.2) is 0 Å². The molecule has 2 atom stereocenters. The Bertz CT molecular complexity index is 147. The van der Waals surface area contributed by atoms with Crippen molar-refractivity contribution in [1.29, 1.82) is 0 Å². The molecule has 5 heteroatoms. The third-order valence-electron chi connectivity index (χ3n) is 1.77. The van der Waals surface area contributed by atoms with E-state index >= 15 is 0 Å². The van der Waals surface area contributed by atoms with E-state index in [0.29, 0.717) is 0 Å². The molecule has 0 rings (SSSR count). The molecule has 0 radical (unpaired) electrons. The molecular formula is C8H17NO4. The first-order valence-electron chi connectivity index (χ1n) is 4.34. The van der Waals surface area contributed by atoms with Crippen LogP contribution in [0.1, 0.15) is 19.8 Å². The molecule has 0 heterocycles. The maximum absolute atomic E-state index is 10.2.